The Hall–Kier alpha value is -2.60. The van der Waals surface area contributed by atoms with E-state index in [0.717, 1.165) is 33.2 Å². The van der Waals surface area contributed by atoms with Crippen molar-refractivity contribution in [3.63, 3.8) is 0 Å². The van der Waals surface area contributed by atoms with Crippen LogP contribution in [0.15, 0.2) is 53.1 Å². The van der Waals surface area contributed by atoms with E-state index < -0.39 is 0 Å². The van der Waals surface area contributed by atoms with E-state index >= 15 is 0 Å². The minimum atomic E-state index is 0.429. The van der Waals surface area contributed by atoms with Crippen molar-refractivity contribution in [1.29, 1.82) is 0 Å². The molecule has 0 aliphatic heterocycles. The molecule has 0 atom stereocenters. The van der Waals surface area contributed by atoms with E-state index in [4.69, 9.17) is 14.5 Å². The molecule has 0 bridgehead atoms. The molecule has 0 unspecified atom stereocenters. The number of hydrogen-bond donors (Lipinski definition) is 0. The molecule has 0 saturated heterocycles. The maximum Gasteiger partial charge on any atom is 0.190 e. The summed E-state index contributed by atoms with van der Waals surface area (Å²) in [5.41, 5.74) is 3.06. The van der Waals surface area contributed by atoms with Gasteiger partial charge in [0.15, 0.2) is 4.80 Å². The van der Waals surface area contributed by atoms with E-state index in [2.05, 4.69) is 21.0 Å². The molecule has 0 radical (unpaired) electrons. The molecule has 2 aromatic heterocycles. The summed E-state index contributed by atoms with van der Waals surface area (Å²) in [5, 5.41) is 2.20. The van der Waals surface area contributed by atoms with Crippen molar-refractivity contribution in [2.24, 2.45) is 4.99 Å². The highest BCUT2D eigenvalue weighted by Crippen LogP contribution is 2.37. The largest absolute Gasteiger partial charge is 0.497 e. The zero-order valence-electron chi connectivity index (χ0n) is 17.7. The maximum absolute atomic E-state index is 5.71. The number of ether oxygens (including phenoxy) is 2. The first-order valence-electron chi connectivity index (χ1n) is 10.7. The SMILES string of the molecule is COc1ccc(OC)c(-c2csc(=Nc3cccnc3)n2C2CCCCCCC2)c1. The number of hydrogen-bond acceptors (Lipinski definition) is 5. The summed E-state index contributed by atoms with van der Waals surface area (Å²) < 4.78 is 13.6. The Balaban J connectivity index is 1.88. The quantitative estimate of drug-likeness (QED) is 0.495. The number of pyridine rings is 1. The molecule has 0 N–H and O–H groups in total. The maximum atomic E-state index is 5.71. The van der Waals surface area contributed by atoms with E-state index in [1.54, 1.807) is 31.8 Å². The molecule has 4 rings (SSSR count). The van der Waals surface area contributed by atoms with Gasteiger partial charge < -0.3 is 14.0 Å². The Labute approximate surface area is 182 Å². The van der Waals surface area contributed by atoms with Crippen LogP contribution in [0.5, 0.6) is 11.5 Å². The van der Waals surface area contributed by atoms with Gasteiger partial charge in [0.25, 0.3) is 0 Å². The zero-order valence-corrected chi connectivity index (χ0v) is 18.5. The van der Waals surface area contributed by atoms with Gasteiger partial charge in [0.1, 0.15) is 11.5 Å². The van der Waals surface area contributed by atoms with Crippen molar-refractivity contribution >= 4 is 17.0 Å². The summed E-state index contributed by atoms with van der Waals surface area (Å²) in [6.45, 7) is 0. The highest BCUT2D eigenvalue weighted by atomic mass is 32.1. The average Bonchev–Trinajstić information content (AvgIpc) is 3.17. The molecule has 2 heterocycles. The molecular formula is C24H29N3O2S. The molecule has 1 fully saturated rings. The van der Waals surface area contributed by atoms with Crippen LogP contribution in [0.4, 0.5) is 5.69 Å². The Bertz CT molecular complexity index is 1020. The van der Waals surface area contributed by atoms with Gasteiger partial charge in [-0.25, -0.2) is 4.99 Å². The second-order valence-electron chi connectivity index (χ2n) is 7.66. The van der Waals surface area contributed by atoms with Crippen molar-refractivity contribution in [3.05, 3.63) is 52.9 Å². The second kappa shape index (κ2) is 9.94. The van der Waals surface area contributed by atoms with E-state index in [-0.39, 0.29) is 0 Å². The minimum Gasteiger partial charge on any atom is -0.497 e. The van der Waals surface area contributed by atoms with Crippen LogP contribution in [0.2, 0.25) is 0 Å². The fourth-order valence-corrected chi connectivity index (χ4v) is 5.17. The van der Waals surface area contributed by atoms with Gasteiger partial charge in [0.2, 0.25) is 0 Å². The topological polar surface area (TPSA) is 48.6 Å². The highest BCUT2D eigenvalue weighted by Gasteiger charge is 2.21. The van der Waals surface area contributed by atoms with Crippen molar-refractivity contribution in [2.75, 3.05) is 14.2 Å². The van der Waals surface area contributed by atoms with Gasteiger partial charge in [-0.15, -0.1) is 11.3 Å². The fourth-order valence-electron chi connectivity index (χ4n) is 4.19. The molecule has 1 aliphatic rings. The first kappa shape index (κ1) is 20.7. The molecule has 3 aromatic rings. The monoisotopic (exact) mass is 423 g/mol. The van der Waals surface area contributed by atoms with Gasteiger partial charge in [-0.3, -0.25) is 4.98 Å². The molecule has 1 aliphatic carbocycles. The van der Waals surface area contributed by atoms with Gasteiger partial charge >= 0.3 is 0 Å². The number of thiazole rings is 1. The Morgan fingerprint density at radius 3 is 2.53 bits per heavy atom. The van der Waals surface area contributed by atoms with Gasteiger partial charge in [-0.2, -0.15) is 0 Å². The Morgan fingerprint density at radius 1 is 1.03 bits per heavy atom. The van der Waals surface area contributed by atoms with Crippen molar-refractivity contribution in [2.45, 2.75) is 51.0 Å². The van der Waals surface area contributed by atoms with Crippen LogP contribution < -0.4 is 14.3 Å². The number of rotatable bonds is 5. The smallest absolute Gasteiger partial charge is 0.190 e. The van der Waals surface area contributed by atoms with Crippen molar-refractivity contribution in [1.82, 2.24) is 9.55 Å². The van der Waals surface area contributed by atoms with Crippen LogP contribution >= 0.6 is 11.3 Å². The molecule has 0 amide bonds. The van der Waals surface area contributed by atoms with Crippen LogP contribution in [0.25, 0.3) is 11.3 Å². The average molecular weight is 424 g/mol. The van der Waals surface area contributed by atoms with E-state index in [1.807, 2.05) is 30.5 Å². The summed E-state index contributed by atoms with van der Waals surface area (Å²) in [6, 6.07) is 10.3. The zero-order chi connectivity index (χ0) is 20.8. The van der Waals surface area contributed by atoms with Crippen LogP contribution in [0.3, 0.4) is 0 Å². The van der Waals surface area contributed by atoms with Crippen LogP contribution in [0, 0.1) is 0 Å². The third-order valence-electron chi connectivity index (χ3n) is 5.73. The summed E-state index contributed by atoms with van der Waals surface area (Å²) in [7, 11) is 3.42. The molecule has 30 heavy (non-hydrogen) atoms. The second-order valence-corrected chi connectivity index (χ2v) is 8.50. The Kier molecular flexibility index (Phi) is 6.84. The van der Waals surface area contributed by atoms with Gasteiger partial charge in [-0.1, -0.05) is 32.1 Å². The molecular weight excluding hydrogens is 394 g/mol. The van der Waals surface area contributed by atoms with Gasteiger partial charge in [0.05, 0.1) is 31.8 Å². The highest BCUT2D eigenvalue weighted by molar-refractivity contribution is 7.07. The van der Waals surface area contributed by atoms with E-state index in [9.17, 15) is 0 Å². The van der Waals surface area contributed by atoms with Crippen molar-refractivity contribution < 1.29 is 9.47 Å². The normalized spacial score (nSPS) is 16.1. The Morgan fingerprint density at radius 2 is 1.83 bits per heavy atom. The molecule has 6 heteroatoms. The number of benzene rings is 1. The minimum absolute atomic E-state index is 0.429. The first-order chi connectivity index (χ1) is 14.8. The lowest BCUT2D eigenvalue weighted by atomic mass is 9.96. The number of aromatic nitrogens is 2. The fraction of sp³-hybridized carbons (Fsp3) is 0.417. The molecule has 158 valence electrons. The molecule has 5 nitrogen and oxygen atoms in total. The van der Waals surface area contributed by atoms with Gasteiger partial charge in [0, 0.05) is 23.2 Å². The number of methoxy groups -OCH3 is 2. The molecule has 1 saturated carbocycles. The lowest BCUT2D eigenvalue weighted by Crippen LogP contribution is -2.23. The lowest BCUT2D eigenvalue weighted by Gasteiger charge is -2.24. The predicted molar refractivity (Wildman–Crippen MR) is 122 cm³/mol. The molecule has 1 aromatic carbocycles. The lowest BCUT2D eigenvalue weighted by molar-refractivity contribution is 0.368. The van der Waals surface area contributed by atoms with Crippen LogP contribution in [0.1, 0.15) is 51.0 Å². The third-order valence-corrected chi connectivity index (χ3v) is 6.57. The van der Waals surface area contributed by atoms with Gasteiger partial charge in [-0.05, 0) is 43.2 Å². The molecule has 0 spiro atoms. The van der Waals surface area contributed by atoms with Crippen LogP contribution in [-0.4, -0.2) is 23.8 Å². The predicted octanol–water partition coefficient (Wildman–Crippen LogP) is 6.15. The van der Waals surface area contributed by atoms with E-state index in [1.165, 1.54) is 44.9 Å². The van der Waals surface area contributed by atoms with Crippen molar-refractivity contribution in [3.8, 4) is 22.8 Å². The number of nitrogens with zero attached hydrogens (tertiary/aromatic N) is 3. The summed E-state index contributed by atoms with van der Waals surface area (Å²) in [4.78, 5) is 10.2. The van der Waals surface area contributed by atoms with Crippen LogP contribution in [-0.2, 0) is 0 Å². The van der Waals surface area contributed by atoms with E-state index in [0.29, 0.717) is 6.04 Å². The standard InChI is InChI=1S/C24H29N3O2S/c1-28-20-12-13-23(29-2)21(15-20)22-17-30-24(26-18-9-8-14-25-16-18)27(22)19-10-6-4-3-5-7-11-19/h8-9,12-17,19H,3-7,10-11H2,1-2H3. The first-order valence-corrected chi connectivity index (χ1v) is 11.6. The summed E-state index contributed by atoms with van der Waals surface area (Å²) >= 11 is 1.68. The summed E-state index contributed by atoms with van der Waals surface area (Å²) in [5.74, 6) is 1.67. The third kappa shape index (κ3) is 4.59. The summed E-state index contributed by atoms with van der Waals surface area (Å²) in [6.07, 6.45) is 12.4.